The molecule has 1 atom stereocenters. The van der Waals surface area contributed by atoms with Gasteiger partial charge in [-0.25, -0.2) is 4.79 Å². The van der Waals surface area contributed by atoms with Crippen LogP contribution in [0, 0.1) is 0 Å². The van der Waals surface area contributed by atoms with Crippen molar-refractivity contribution in [2.24, 2.45) is 0 Å². The Labute approximate surface area is 85.0 Å². The predicted octanol–water partition coefficient (Wildman–Crippen LogP) is 1.24. The molecule has 0 aliphatic rings. The van der Waals surface area contributed by atoms with Crippen molar-refractivity contribution >= 4 is 11.9 Å². The number of carbonyl (C=O) groups is 2. The zero-order valence-corrected chi connectivity index (χ0v) is 9.13. The third-order valence-electron chi connectivity index (χ3n) is 1.99. The first-order valence-corrected chi connectivity index (χ1v) is 5.02. The summed E-state index contributed by atoms with van der Waals surface area (Å²) in [4.78, 5) is 22.3. The number of methoxy groups -OCH3 is 1. The first-order valence-electron chi connectivity index (χ1n) is 5.02. The van der Waals surface area contributed by atoms with Crippen molar-refractivity contribution < 1.29 is 14.3 Å². The molecule has 0 aromatic rings. The lowest BCUT2D eigenvalue weighted by Gasteiger charge is -2.15. The molecule has 0 aliphatic carbocycles. The van der Waals surface area contributed by atoms with Crippen LogP contribution in [0.3, 0.4) is 0 Å². The molecule has 0 rings (SSSR count). The number of unbranched alkanes of at least 4 members (excludes halogenated alkanes) is 1. The van der Waals surface area contributed by atoms with Crippen molar-refractivity contribution in [3.8, 4) is 0 Å². The molecule has 14 heavy (non-hydrogen) atoms. The number of rotatable bonds is 6. The molecule has 4 nitrogen and oxygen atoms in total. The number of nitrogens with one attached hydrogen (secondary N) is 1. The summed E-state index contributed by atoms with van der Waals surface area (Å²) in [6, 6.07) is -0.479. The molecule has 0 aromatic carbocycles. The van der Waals surface area contributed by atoms with Crippen LogP contribution in [-0.4, -0.2) is 25.0 Å². The van der Waals surface area contributed by atoms with Gasteiger partial charge >= 0.3 is 5.97 Å². The number of hydrogen-bond donors (Lipinski definition) is 1. The second-order valence-electron chi connectivity index (χ2n) is 3.14. The van der Waals surface area contributed by atoms with E-state index in [1.807, 2.05) is 6.92 Å². The largest absolute Gasteiger partial charge is 0.467 e. The Morgan fingerprint density at radius 3 is 2.43 bits per heavy atom. The summed E-state index contributed by atoms with van der Waals surface area (Å²) in [7, 11) is 1.33. The lowest BCUT2D eigenvalue weighted by atomic mass is 10.1. The summed E-state index contributed by atoms with van der Waals surface area (Å²) >= 11 is 0. The summed E-state index contributed by atoms with van der Waals surface area (Å²) in [6.45, 7) is 3.79. The van der Waals surface area contributed by atoms with E-state index in [0.29, 0.717) is 12.8 Å². The molecule has 0 radical (unpaired) electrons. The van der Waals surface area contributed by atoms with Gasteiger partial charge in [0.2, 0.25) is 5.91 Å². The van der Waals surface area contributed by atoms with E-state index in [0.717, 1.165) is 12.8 Å². The van der Waals surface area contributed by atoms with Gasteiger partial charge in [0.15, 0.2) is 0 Å². The average Bonchev–Trinajstić information content (AvgIpc) is 2.22. The molecule has 0 aromatic heterocycles. The Balaban J connectivity index is 4.09. The SMILES string of the molecule is CCCCC(NC(=O)CC)C(=O)OC. The number of esters is 1. The quantitative estimate of drug-likeness (QED) is 0.658. The summed E-state index contributed by atoms with van der Waals surface area (Å²) in [5.41, 5.74) is 0. The second kappa shape index (κ2) is 7.35. The summed E-state index contributed by atoms with van der Waals surface area (Å²) in [5, 5.41) is 2.64. The highest BCUT2D eigenvalue weighted by Gasteiger charge is 2.19. The van der Waals surface area contributed by atoms with Gasteiger partial charge in [0, 0.05) is 6.42 Å². The fourth-order valence-corrected chi connectivity index (χ4v) is 1.10. The van der Waals surface area contributed by atoms with Crippen LogP contribution in [0.1, 0.15) is 39.5 Å². The van der Waals surface area contributed by atoms with Crippen molar-refractivity contribution in [3.63, 3.8) is 0 Å². The minimum absolute atomic E-state index is 0.114. The highest BCUT2D eigenvalue weighted by atomic mass is 16.5. The minimum Gasteiger partial charge on any atom is -0.467 e. The summed E-state index contributed by atoms with van der Waals surface area (Å²) in [6.07, 6.45) is 2.94. The maximum Gasteiger partial charge on any atom is 0.328 e. The van der Waals surface area contributed by atoms with E-state index in [1.54, 1.807) is 6.92 Å². The Morgan fingerprint density at radius 1 is 1.36 bits per heavy atom. The van der Waals surface area contributed by atoms with Crippen LogP contribution < -0.4 is 5.32 Å². The summed E-state index contributed by atoms with van der Waals surface area (Å²) in [5.74, 6) is -0.475. The number of amides is 1. The van der Waals surface area contributed by atoms with Gasteiger partial charge in [-0.1, -0.05) is 26.7 Å². The van der Waals surface area contributed by atoms with Gasteiger partial charge in [0.05, 0.1) is 7.11 Å². The number of hydrogen-bond acceptors (Lipinski definition) is 3. The number of carbonyl (C=O) groups excluding carboxylic acids is 2. The highest BCUT2D eigenvalue weighted by Crippen LogP contribution is 2.02. The molecule has 0 heterocycles. The van der Waals surface area contributed by atoms with Crippen molar-refractivity contribution in [1.82, 2.24) is 5.32 Å². The van der Waals surface area contributed by atoms with Gasteiger partial charge in [0.25, 0.3) is 0 Å². The van der Waals surface area contributed by atoms with Gasteiger partial charge in [-0.2, -0.15) is 0 Å². The van der Waals surface area contributed by atoms with Gasteiger partial charge in [-0.3, -0.25) is 4.79 Å². The van der Waals surface area contributed by atoms with E-state index in [-0.39, 0.29) is 11.9 Å². The lowest BCUT2D eigenvalue weighted by Crippen LogP contribution is -2.41. The molecule has 4 heteroatoms. The highest BCUT2D eigenvalue weighted by molar-refractivity contribution is 5.84. The Hall–Kier alpha value is -1.06. The maximum atomic E-state index is 11.2. The Morgan fingerprint density at radius 2 is 2.00 bits per heavy atom. The molecule has 82 valence electrons. The van der Waals surface area contributed by atoms with Crippen molar-refractivity contribution in [3.05, 3.63) is 0 Å². The van der Waals surface area contributed by atoms with Crippen LogP contribution in [0.2, 0.25) is 0 Å². The Bertz CT molecular complexity index is 192. The molecule has 0 fully saturated rings. The van der Waals surface area contributed by atoms with Crippen LogP contribution in [0.15, 0.2) is 0 Å². The molecule has 1 N–H and O–H groups in total. The minimum atomic E-state index is -0.479. The third-order valence-corrected chi connectivity index (χ3v) is 1.99. The molecule has 0 aliphatic heterocycles. The molecule has 0 saturated carbocycles. The zero-order valence-electron chi connectivity index (χ0n) is 9.13. The molecule has 1 amide bonds. The van der Waals surface area contributed by atoms with Gasteiger partial charge in [-0.05, 0) is 6.42 Å². The molecule has 0 saturated heterocycles. The van der Waals surface area contributed by atoms with E-state index in [1.165, 1.54) is 7.11 Å². The smallest absolute Gasteiger partial charge is 0.328 e. The van der Waals surface area contributed by atoms with Crippen molar-refractivity contribution in [2.75, 3.05) is 7.11 Å². The maximum absolute atomic E-state index is 11.2. The average molecular weight is 201 g/mol. The van der Waals surface area contributed by atoms with Crippen LogP contribution in [0.25, 0.3) is 0 Å². The summed E-state index contributed by atoms with van der Waals surface area (Å²) < 4.78 is 4.60. The first-order chi connectivity index (χ1) is 6.65. The van der Waals surface area contributed by atoms with E-state index in [9.17, 15) is 9.59 Å². The van der Waals surface area contributed by atoms with Crippen LogP contribution in [0.4, 0.5) is 0 Å². The third kappa shape index (κ3) is 4.84. The van der Waals surface area contributed by atoms with Crippen molar-refractivity contribution in [2.45, 2.75) is 45.6 Å². The van der Waals surface area contributed by atoms with E-state index < -0.39 is 6.04 Å². The van der Waals surface area contributed by atoms with E-state index >= 15 is 0 Å². The monoisotopic (exact) mass is 201 g/mol. The van der Waals surface area contributed by atoms with Gasteiger partial charge < -0.3 is 10.1 Å². The van der Waals surface area contributed by atoms with Gasteiger partial charge in [0.1, 0.15) is 6.04 Å². The second-order valence-corrected chi connectivity index (χ2v) is 3.14. The number of ether oxygens (including phenoxy) is 1. The van der Waals surface area contributed by atoms with Crippen molar-refractivity contribution in [1.29, 1.82) is 0 Å². The first kappa shape index (κ1) is 12.9. The molecular weight excluding hydrogens is 182 g/mol. The lowest BCUT2D eigenvalue weighted by molar-refractivity contribution is -0.145. The molecule has 0 spiro atoms. The fourth-order valence-electron chi connectivity index (χ4n) is 1.10. The van der Waals surface area contributed by atoms with Crippen LogP contribution >= 0.6 is 0 Å². The van der Waals surface area contributed by atoms with Crippen LogP contribution in [0.5, 0.6) is 0 Å². The van der Waals surface area contributed by atoms with Gasteiger partial charge in [-0.15, -0.1) is 0 Å². The topological polar surface area (TPSA) is 55.4 Å². The molecular formula is C10H19NO3. The normalized spacial score (nSPS) is 11.9. The van der Waals surface area contributed by atoms with E-state index in [2.05, 4.69) is 10.1 Å². The molecule has 1 unspecified atom stereocenters. The standard InChI is InChI=1S/C10H19NO3/c1-4-6-7-8(10(13)14-3)11-9(12)5-2/h8H,4-7H2,1-3H3,(H,11,12). The van der Waals surface area contributed by atoms with Crippen LogP contribution in [-0.2, 0) is 14.3 Å². The Kier molecular flexibility index (Phi) is 6.80. The fraction of sp³-hybridized carbons (Fsp3) is 0.800. The molecule has 0 bridgehead atoms. The predicted molar refractivity (Wildman–Crippen MR) is 53.8 cm³/mol. The van der Waals surface area contributed by atoms with E-state index in [4.69, 9.17) is 0 Å². The zero-order chi connectivity index (χ0) is 11.0.